The van der Waals surface area contributed by atoms with Gasteiger partial charge in [0.25, 0.3) is 0 Å². The highest BCUT2D eigenvalue weighted by molar-refractivity contribution is 5.29. The molecule has 1 aromatic rings. The molecule has 1 aromatic carbocycles. The van der Waals surface area contributed by atoms with Crippen LogP contribution >= 0.6 is 0 Å². The van der Waals surface area contributed by atoms with E-state index in [0.717, 1.165) is 31.9 Å². The minimum Gasteiger partial charge on any atom is -0.396 e. The van der Waals surface area contributed by atoms with Gasteiger partial charge < -0.3 is 5.11 Å². The molecule has 5 heteroatoms. The molecule has 1 aliphatic heterocycles. The SMILES string of the molecule is OCCCC1CCCN1Cc1ccccc1C(F)(F)F. The molecule has 0 aliphatic carbocycles. The minimum atomic E-state index is -4.29. The number of alkyl halides is 3. The molecule has 1 fully saturated rings. The number of hydrogen-bond acceptors (Lipinski definition) is 2. The molecular weight excluding hydrogens is 267 g/mol. The van der Waals surface area contributed by atoms with Crippen LogP contribution < -0.4 is 0 Å². The molecule has 112 valence electrons. The molecule has 0 spiro atoms. The average molecular weight is 287 g/mol. The van der Waals surface area contributed by atoms with Gasteiger partial charge in [-0.3, -0.25) is 4.90 Å². The van der Waals surface area contributed by atoms with E-state index in [1.54, 1.807) is 12.1 Å². The smallest absolute Gasteiger partial charge is 0.396 e. The summed E-state index contributed by atoms with van der Waals surface area (Å²) in [5, 5.41) is 8.89. The predicted octanol–water partition coefficient (Wildman–Crippen LogP) is 3.44. The Labute approximate surface area is 117 Å². The van der Waals surface area contributed by atoms with Gasteiger partial charge in [-0.05, 0) is 43.9 Å². The van der Waals surface area contributed by atoms with E-state index >= 15 is 0 Å². The van der Waals surface area contributed by atoms with Crippen molar-refractivity contribution < 1.29 is 18.3 Å². The lowest BCUT2D eigenvalue weighted by molar-refractivity contribution is -0.138. The molecule has 0 bridgehead atoms. The average Bonchev–Trinajstić information content (AvgIpc) is 2.83. The van der Waals surface area contributed by atoms with Crippen LogP contribution in [0.15, 0.2) is 24.3 Å². The Morgan fingerprint density at radius 2 is 2.00 bits per heavy atom. The summed E-state index contributed by atoms with van der Waals surface area (Å²) in [6.45, 7) is 1.32. The van der Waals surface area contributed by atoms with Crippen molar-refractivity contribution in [2.75, 3.05) is 13.2 Å². The highest BCUT2D eigenvalue weighted by Gasteiger charge is 2.34. The molecule has 1 atom stereocenters. The Bertz CT molecular complexity index is 433. The lowest BCUT2D eigenvalue weighted by Gasteiger charge is -2.25. The van der Waals surface area contributed by atoms with Crippen molar-refractivity contribution >= 4 is 0 Å². The summed E-state index contributed by atoms with van der Waals surface area (Å²) in [5.41, 5.74) is -0.191. The first-order valence-electron chi connectivity index (χ1n) is 7.02. The fraction of sp³-hybridized carbons (Fsp3) is 0.600. The number of hydrogen-bond donors (Lipinski definition) is 1. The zero-order chi connectivity index (χ0) is 14.6. The molecule has 1 heterocycles. The van der Waals surface area contributed by atoms with Crippen LogP contribution in [0.1, 0.15) is 36.8 Å². The Morgan fingerprint density at radius 1 is 1.25 bits per heavy atom. The number of nitrogens with zero attached hydrogens (tertiary/aromatic N) is 1. The number of likely N-dealkylation sites (tertiary alicyclic amines) is 1. The fourth-order valence-corrected chi connectivity index (χ4v) is 2.91. The normalized spacial score (nSPS) is 20.5. The van der Waals surface area contributed by atoms with Crippen molar-refractivity contribution in [2.45, 2.75) is 44.4 Å². The Hall–Kier alpha value is -1.07. The van der Waals surface area contributed by atoms with E-state index in [1.807, 2.05) is 0 Å². The van der Waals surface area contributed by atoms with Crippen molar-refractivity contribution in [3.63, 3.8) is 0 Å². The van der Waals surface area contributed by atoms with Crippen LogP contribution in [0.2, 0.25) is 0 Å². The van der Waals surface area contributed by atoms with Crippen LogP contribution in [0.25, 0.3) is 0 Å². The molecular formula is C15H20F3NO. The quantitative estimate of drug-likeness (QED) is 0.896. The summed E-state index contributed by atoms with van der Waals surface area (Å²) in [6, 6.07) is 6.09. The summed E-state index contributed by atoms with van der Waals surface area (Å²) < 4.78 is 38.9. The summed E-state index contributed by atoms with van der Waals surface area (Å²) in [6.07, 6.45) is -0.706. The maximum absolute atomic E-state index is 13.0. The van der Waals surface area contributed by atoms with E-state index in [0.29, 0.717) is 24.6 Å². The third kappa shape index (κ3) is 3.73. The molecule has 0 aromatic heterocycles. The first-order chi connectivity index (χ1) is 9.52. The number of aliphatic hydroxyl groups is 1. The molecule has 20 heavy (non-hydrogen) atoms. The van der Waals surface area contributed by atoms with Gasteiger partial charge in [-0.15, -0.1) is 0 Å². The van der Waals surface area contributed by atoms with Crippen LogP contribution in [-0.4, -0.2) is 29.2 Å². The molecule has 0 saturated carbocycles. The van der Waals surface area contributed by atoms with E-state index in [4.69, 9.17) is 5.11 Å². The largest absolute Gasteiger partial charge is 0.416 e. The zero-order valence-corrected chi connectivity index (χ0v) is 11.4. The highest BCUT2D eigenvalue weighted by Crippen LogP contribution is 2.33. The Balaban J connectivity index is 2.09. The lowest BCUT2D eigenvalue weighted by Crippen LogP contribution is -2.30. The standard InChI is InChI=1S/C15H20F3NO/c16-15(17,18)14-8-2-1-5-12(14)11-19-9-3-6-13(19)7-4-10-20/h1-2,5,8,13,20H,3-4,6-7,9-11H2. The Kier molecular flexibility index (Phi) is 5.05. The van der Waals surface area contributed by atoms with Crippen molar-refractivity contribution in [3.8, 4) is 0 Å². The van der Waals surface area contributed by atoms with Crippen molar-refractivity contribution in [1.29, 1.82) is 0 Å². The number of rotatable bonds is 5. The van der Waals surface area contributed by atoms with Gasteiger partial charge in [-0.1, -0.05) is 18.2 Å². The number of aliphatic hydroxyl groups excluding tert-OH is 1. The second-order valence-electron chi connectivity index (χ2n) is 5.29. The van der Waals surface area contributed by atoms with Crippen LogP contribution in [0.5, 0.6) is 0 Å². The summed E-state index contributed by atoms with van der Waals surface area (Å²) >= 11 is 0. The van der Waals surface area contributed by atoms with E-state index in [2.05, 4.69) is 4.90 Å². The number of benzene rings is 1. The highest BCUT2D eigenvalue weighted by atomic mass is 19.4. The number of halogens is 3. The maximum atomic E-state index is 13.0. The van der Waals surface area contributed by atoms with Gasteiger partial charge in [0.05, 0.1) is 5.56 Å². The molecule has 1 saturated heterocycles. The first kappa shape index (κ1) is 15.3. The van der Waals surface area contributed by atoms with Gasteiger partial charge in [0.1, 0.15) is 0 Å². The molecule has 0 radical (unpaired) electrons. The van der Waals surface area contributed by atoms with E-state index in [-0.39, 0.29) is 6.61 Å². The molecule has 1 unspecified atom stereocenters. The molecule has 2 rings (SSSR count). The molecule has 1 N–H and O–H groups in total. The predicted molar refractivity (Wildman–Crippen MR) is 71.2 cm³/mol. The minimum absolute atomic E-state index is 0.142. The molecule has 2 nitrogen and oxygen atoms in total. The van der Waals surface area contributed by atoms with Gasteiger partial charge >= 0.3 is 6.18 Å². The second-order valence-corrected chi connectivity index (χ2v) is 5.29. The van der Waals surface area contributed by atoms with E-state index in [9.17, 15) is 13.2 Å². The van der Waals surface area contributed by atoms with Crippen molar-refractivity contribution in [1.82, 2.24) is 4.90 Å². The Morgan fingerprint density at radius 3 is 2.70 bits per heavy atom. The van der Waals surface area contributed by atoms with Gasteiger partial charge in [0.2, 0.25) is 0 Å². The van der Waals surface area contributed by atoms with Crippen molar-refractivity contribution in [2.24, 2.45) is 0 Å². The lowest BCUT2D eigenvalue weighted by atomic mass is 10.0. The summed E-state index contributed by atoms with van der Waals surface area (Å²) in [4.78, 5) is 2.11. The van der Waals surface area contributed by atoms with Crippen molar-refractivity contribution in [3.05, 3.63) is 35.4 Å². The van der Waals surface area contributed by atoms with Crippen LogP contribution in [0, 0.1) is 0 Å². The zero-order valence-electron chi connectivity index (χ0n) is 11.4. The van der Waals surface area contributed by atoms with Gasteiger partial charge in [0, 0.05) is 19.2 Å². The summed E-state index contributed by atoms with van der Waals surface area (Å²) in [5.74, 6) is 0. The van der Waals surface area contributed by atoms with E-state index in [1.165, 1.54) is 6.07 Å². The monoisotopic (exact) mass is 287 g/mol. The van der Waals surface area contributed by atoms with Gasteiger partial charge in [-0.2, -0.15) is 13.2 Å². The molecule has 1 aliphatic rings. The van der Waals surface area contributed by atoms with E-state index < -0.39 is 11.7 Å². The fourth-order valence-electron chi connectivity index (χ4n) is 2.91. The molecule has 0 amide bonds. The maximum Gasteiger partial charge on any atom is 0.416 e. The van der Waals surface area contributed by atoms with Crippen LogP contribution in [-0.2, 0) is 12.7 Å². The van der Waals surface area contributed by atoms with Crippen LogP contribution in [0.4, 0.5) is 13.2 Å². The van der Waals surface area contributed by atoms with Gasteiger partial charge in [-0.25, -0.2) is 0 Å². The second kappa shape index (κ2) is 6.59. The van der Waals surface area contributed by atoms with Gasteiger partial charge in [0.15, 0.2) is 0 Å². The third-order valence-corrected chi connectivity index (χ3v) is 3.89. The summed E-state index contributed by atoms with van der Waals surface area (Å²) in [7, 11) is 0. The third-order valence-electron chi connectivity index (χ3n) is 3.89. The topological polar surface area (TPSA) is 23.5 Å². The first-order valence-corrected chi connectivity index (χ1v) is 7.02. The van der Waals surface area contributed by atoms with Crippen LogP contribution in [0.3, 0.4) is 0 Å².